The minimum Gasteiger partial charge on any atom is -0.362 e. The molecule has 0 aliphatic carbocycles. The van der Waals surface area contributed by atoms with Crippen LogP contribution in [0.3, 0.4) is 0 Å². The number of pyridine rings is 1. The van der Waals surface area contributed by atoms with Crippen LogP contribution in [0.2, 0.25) is 0 Å². The van der Waals surface area contributed by atoms with Crippen LogP contribution in [0.15, 0.2) is 84.7 Å². The van der Waals surface area contributed by atoms with Crippen molar-refractivity contribution in [3.05, 3.63) is 112 Å². The predicted octanol–water partition coefficient (Wildman–Crippen LogP) is 3.79. The molecule has 0 fully saturated rings. The zero-order valence-corrected chi connectivity index (χ0v) is 18.0. The number of carbonyl (C=O) groups is 2. The van der Waals surface area contributed by atoms with Gasteiger partial charge < -0.3 is 4.90 Å². The van der Waals surface area contributed by atoms with Crippen molar-refractivity contribution in [2.45, 2.75) is 20.0 Å². The molecule has 2 aromatic carbocycles. The minimum absolute atomic E-state index is 0.0430. The van der Waals surface area contributed by atoms with E-state index in [1.165, 1.54) is 29.2 Å². The quantitative estimate of drug-likeness (QED) is 0.299. The van der Waals surface area contributed by atoms with Crippen LogP contribution in [0.1, 0.15) is 23.7 Å². The number of imide groups is 1. The SMILES string of the molecule is CCN(Cc1ccccc1)C1=C(c2ccc([N+](=O)[O-])cc2)C(=O)N(Cc2ccccn2)C1=O. The fourth-order valence-corrected chi connectivity index (χ4v) is 3.82. The van der Waals surface area contributed by atoms with Crippen molar-refractivity contribution in [3.8, 4) is 0 Å². The lowest BCUT2D eigenvalue weighted by molar-refractivity contribution is -0.384. The van der Waals surface area contributed by atoms with E-state index in [1.54, 1.807) is 24.4 Å². The van der Waals surface area contributed by atoms with Crippen LogP contribution in [0.4, 0.5) is 5.69 Å². The molecular formula is C25H22N4O4. The van der Waals surface area contributed by atoms with Gasteiger partial charge in [0.2, 0.25) is 0 Å². The highest BCUT2D eigenvalue weighted by Gasteiger charge is 2.41. The number of nitrogens with zero attached hydrogens (tertiary/aromatic N) is 4. The summed E-state index contributed by atoms with van der Waals surface area (Å²) in [7, 11) is 0. The fraction of sp³-hybridized carbons (Fsp3) is 0.160. The molecule has 166 valence electrons. The Kier molecular flexibility index (Phi) is 6.26. The summed E-state index contributed by atoms with van der Waals surface area (Å²) in [5, 5.41) is 11.1. The first-order chi connectivity index (χ1) is 16.0. The van der Waals surface area contributed by atoms with Crippen molar-refractivity contribution >= 4 is 23.1 Å². The third-order valence-electron chi connectivity index (χ3n) is 5.47. The van der Waals surface area contributed by atoms with E-state index >= 15 is 0 Å². The number of nitro groups is 1. The van der Waals surface area contributed by atoms with Gasteiger partial charge in [-0.05, 0) is 42.3 Å². The van der Waals surface area contributed by atoms with Gasteiger partial charge >= 0.3 is 0 Å². The van der Waals surface area contributed by atoms with Gasteiger partial charge in [-0.2, -0.15) is 0 Å². The van der Waals surface area contributed by atoms with E-state index in [1.807, 2.05) is 42.2 Å². The number of benzene rings is 2. The number of non-ortho nitro benzene ring substituents is 1. The Hall–Kier alpha value is -4.33. The number of carbonyl (C=O) groups excluding carboxylic acids is 2. The molecule has 33 heavy (non-hydrogen) atoms. The maximum Gasteiger partial charge on any atom is 0.278 e. The van der Waals surface area contributed by atoms with Gasteiger partial charge in [-0.15, -0.1) is 0 Å². The summed E-state index contributed by atoms with van der Waals surface area (Å²) in [6.45, 7) is 2.90. The van der Waals surface area contributed by atoms with Crippen molar-refractivity contribution in [1.82, 2.24) is 14.8 Å². The van der Waals surface area contributed by atoms with Crippen LogP contribution in [-0.4, -0.2) is 38.1 Å². The number of rotatable bonds is 8. The number of hydrogen-bond acceptors (Lipinski definition) is 6. The molecule has 0 unspecified atom stereocenters. The molecule has 8 nitrogen and oxygen atoms in total. The smallest absolute Gasteiger partial charge is 0.278 e. The van der Waals surface area contributed by atoms with Crippen molar-refractivity contribution in [3.63, 3.8) is 0 Å². The molecule has 3 aromatic rings. The Morgan fingerprint density at radius 2 is 1.64 bits per heavy atom. The fourth-order valence-electron chi connectivity index (χ4n) is 3.82. The molecule has 4 rings (SSSR count). The van der Waals surface area contributed by atoms with Crippen molar-refractivity contribution in [2.24, 2.45) is 0 Å². The lowest BCUT2D eigenvalue weighted by Gasteiger charge is -2.25. The van der Waals surface area contributed by atoms with Gasteiger partial charge in [-0.1, -0.05) is 36.4 Å². The van der Waals surface area contributed by atoms with Crippen LogP contribution < -0.4 is 0 Å². The first-order valence-corrected chi connectivity index (χ1v) is 10.5. The minimum atomic E-state index is -0.498. The van der Waals surface area contributed by atoms with Crippen LogP contribution in [0, 0.1) is 10.1 Å². The number of likely N-dealkylation sites (N-methyl/N-ethyl adjacent to an activating group) is 1. The Labute approximate surface area is 190 Å². The Morgan fingerprint density at radius 1 is 0.939 bits per heavy atom. The van der Waals surface area contributed by atoms with Gasteiger partial charge in [0.1, 0.15) is 5.70 Å². The lowest BCUT2D eigenvalue weighted by atomic mass is 10.0. The molecule has 0 saturated heterocycles. The standard InChI is InChI=1S/C25H22N4O4/c1-2-27(16-18-8-4-3-5-9-18)23-22(19-11-13-21(14-12-19)29(32)33)24(30)28(25(23)31)17-20-10-6-7-15-26-20/h3-15H,2,16-17H2,1H3. The Bertz CT molecular complexity index is 1210. The molecule has 8 heteroatoms. The monoisotopic (exact) mass is 442 g/mol. The molecular weight excluding hydrogens is 420 g/mol. The molecule has 0 N–H and O–H groups in total. The first kappa shape index (κ1) is 21.9. The van der Waals surface area contributed by atoms with Gasteiger partial charge in [-0.25, -0.2) is 0 Å². The summed E-state index contributed by atoms with van der Waals surface area (Å²) >= 11 is 0. The summed E-state index contributed by atoms with van der Waals surface area (Å²) in [5.41, 5.74) is 2.50. The number of amides is 2. The predicted molar refractivity (Wildman–Crippen MR) is 122 cm³/mol. The highest BCUT2D eigenvalue weighted by molar-refractivity contribution is 6.35. The summed E-state index contributed by atoms with van der Waals surface area (Å²) in [6, 6.07) is 20.7. The van der Waals surface area contributed by atoms with E-state index < -0.39 is 16.7 Å². The summed E-state index contributed by atoms with van der Waals surface area (Å²) in [4.78, 5) is 44.9. The number of aromatic nitrogens is 1. The van der Waals surface area contributed by atoms with Crippen molar-refractivity contribution in [1.29, 1.82) is 0 Å². The largest absolute Gasteiger partial charge is 0.362 e. The van der Waals surface area contributed by atoms with E-state index in [-0.39, 0.29) is 23.5 Å². The van der Waals surface area contributed by atoms with Gasteiger partial charge in [0.05, 0.1) is 22.7 Å². The topological polar surface area (TPSA) is 96.7 Å². The van der Waals surface area contributed by atoms with E-state index in [4.69, 9.17) is 0 Å². The second-order valence-corrected chi connectivity index (χ2v) is 7.54. The number of hydrogen-bond donors (Lipinski definition) is 0. The lowest BCUT2D eigenvalue weighted by Crippen LogP contribution is -2.35. The summed E-state index contributed by atoms with van der Waals surface area (Å²) in [6.07, 6.45) is 1.61. The van der Waals surface area contributed by atoms with E-state index in [0.29, 0.717) is 24.3 Å². The average molecular weight is 442 g/mol. The first-order valence-electron chi connectivity index (χ1n) is 10.5. The van der Waals surface area contributed by atoms with Crippen molar-refractivity contribution in [2.75, 3.05) is 6.54 Å². The maximum absolute atomic E-state index is 13.5. The zero-order chi connectivity index (χ0) is 23.4. The summed E-state index contributed by atoms with van der Waals surface area (Å²) in [5.74, 6) is -0.849. The second kappa shape index (κ2) is 9.44. The van der Waals surface area contributed by atoms with Gasteiger partial charge in [-0.3, -0.25) is 29.6 Å². The molecule has 0 atom stereocenters. The second-order valence-electron chi connectivity index (χ2n) is 7.54. The maximum atomic E-state index is 13.5. The third kappa shape index (κ3) is 4.50. The molecule has 0 bridgehead atoms. The van der Waals surface area contributed by atoms with Crippen LogP contribution >= 0.6 is 0 Å². The third-order valence-corrected chi connectivity index (χ3v) is 5.47. The average Bonchev–Trinajstić information content (AvgIpc) is 3.08. The van der Waals surface area contributed by atoms with Crippen molar-refractivity contribution < 1.29 is 14.5 Å². The van der Waals surface area contributed by atoms with Gasteiger partial charge in [0.25, 0.3) is 17.5 Å². The van der Waals surface area contributed by atoms with Crippen LogP contribution in [0.5, 0.6) is 0 Å². The normalized spacial score (nSPS) is 13.5. The van der Waals surface area contributed by atoms with Crippen LogP contribution in [-0.2, 0) is 22.7 Å². The molecule has 1 aliphatic rings. The van der Waals surface area contributed by atoms with Crippen LogP contribution in [0.25, 0.3) is 5.57 Å². The summed E-state index contributed by atoms with van der Waals surface area (Å²) < 4.78 is 0. The van der Waals surface area contributed by atoms with E-state index in [2.05, 4.69) is 4.98 Å². The highest BCUT2D eigenvalue weighted by atomic mass is 16.6. The molecule has 2 amide bonds. The van der Waals surface area contributed by atoms with E-state index in [9.17, 15) is 19.7 Å². The molecule has 0 spiro atoms. The van der Waals surface area contributed by atoms with Gasteiger partial charge in [0.15, 0.2) is 0 Å². The molecule has 1 aromatic heterocycles. The molecule has 2 heterocycles. The molecule has 0 radical (unpaired) electrons. The molecule has 1 aliphatic heterocycles. The van der Waals surface area contributed by atoms with E-state index in [0.717, 1.165) is 5.56 Å². The van der Waals surface area contributed by atoms with Gasteiger partial charge in [0, 0.05) is 31.4 Å². The Balaban J connectivity index is 1.77. The number of nitro benzene ring substituents is 1. The Morgan fingerprint density at radius 3 is 2.24 bits per heavy atom. The molecule has 0 saturated carbocycles. The zero-order valence-electron chi connectivity index (χ0n) is 18.0. The highest BCUT2D eigenvalue weighted by Crippen LogP contribution is 2.34.